The third-order valence-corrected chi connectivity index (χ3v) is 3.68. The summed E-state index contributed by atoms with van der Waals surface area (Å²) in [5.74, 6) is 0. The Hall–Kier alpha value is -0.360. The molecule has 0 saturated heterocycles. The molecule has 0 unspecified atom stereocenters. The van der Waals surface area contributed by atoms with Crippen molar-refractivity contribution < 1.29 is 42.6 Å². The molecule has 0 amide bonds. The number of methoxy groups -OCH3 is 1. The van der Waals surface area contributed by atoms with Crippen molar-refractivity contribution in [3.63, 3.8) is 0 Å². The maximum absolute atomic E-state index is 5.43. The summed E-state index contributed by atoms with van der Waals surface area (Å²) >= 11 is 0. The van der Waals surface area contributed by atoms with Crippen LogP contribution < -0.4 is 0 Å². The Morgan fingerprint density at radius 3 is 0.800 bits per heavy atom. The van der Waals surface area contributed by atoms with E-state index in [-0.39, 0.29) is 0 Å². The highest BCUT2D eigenvalue weighted by Crippen LogP contribution is 1.88. The highest BCUT2D eigenvalue weighted by Gasteiger charge is 1.95. The number of ether oxygens (including phenoxy) is 9. The van der Waals surface area contributed by atoms with Crippen molar-refractivity contribution in [3.05, 3.63) is 0 Å². The molecule has 0 heterocycles. The molecule has 182 valence electrons. The van der Waals surface area contributed by atoms with Gasteiger partial charge in [0.25, 0.3) is 0 Å². The Kier molecular flexibility index (Phi) is 28.3. The molecule has 9 heteroatoms. The number of unbranched alkanes of at least 4 members (excludes halogenated alkanes) is 1. The molecule has 0 saturated carbocycles. The zero-order chi connectivity index (χ0) is 21.8. The summed E-state index contributed by atoms with van der Waals surface area (Å²) in [7, 11) is 1.65. The van der Waals surface area contributed by atoms with Crippen LogP contribution in [0.5, 0.6) is 0 Å². The Morgan fingerprint density at radius 1 is 0.333 bits per heavy atom. The van der Waals surface area contributed by atoms with E-state index in [1.165, 1.54) is 0 Å². The van der Waals surface area contributed by atoms with Crippen LogP contribution in [-0.4, -0.2) is 119 Å². The first-order valence-electron chi connectivity index (χ1n) is 11.0. The van der Waals surface area contributed by atoms with E-state index < -0.39 is 0 Å². The van der Waals surface area contributed by atoms with Crippen molar-refractivity contribution >= 4 is 0 Å². The van der Waals surface area contributed by atoms with Crippen LogP contribution >= 0.6 is 0 Å². The smallest absolute Gasteiger partial charge is 0.0701 e. The van der Waals surface area contributed by atoms with E-state index in [9.17, 15) is 0 Å². The van der Waals surface area contributed by atoms with Crippen LogP contribution in [0.15, 0.2) is 0 Å². The van der Waals surface area contributed by atoms with Crippen LogP contribution in [0.1, 0.15) is 19.8 Å². The van der Waals surface area contributed by atoms with Crippen LogP contribution in [0.3, 0.4) is 0 Å². The second kappa shape index (κ2) is 28.6. The summed E-state index contributed by atoms with van der Waals surface area (Å²) in [6.07, 6.45) is 2.26. The molecule has 0 rings (SSSR count). The van der Waals surface area contributed by atoms with Crippen molar-refractivity contribution in [3.8, 4) is 0 Å². The molecule has 30 heavy (non-hydrogen) atoms. The van der Waals surface area contributed by atoms with Crippen molar-refractivity contribution in [2.45, 2.75) is 19.8 Å². The molecule has 0 aliphatic carbocycles. The summed E-state index contributed by atoms with van der Waals surface area (Å²) in [5.41, 5.74) is 0. The summed E-state index contributed by atoms with van der Waals surface area (Å²) in [6.45, 7) is 12.1. The van der Waals surface area contributed by atoms with Crippen LogP contribution in [0, 0.1) is 0 Å². The fourth-order valence-corrected chi connectivity index (χ4v) is 2.03. The normalized spacial score (nSPS) is 11.4. The lowest BCUT2D eigenvalue weighted by Gasteiger charge is -2.08. The van der Waals surface area contributed by atoms with Crippen LogP contribution in [0.4, 0.5) is 0 Å². The van der Waals surface area contributed by atoms with E-state index in [4.69, 9.17) is 42.6 Å². The lowest BCUT2D eigenvalue weighted by atomic mass is 10.4. The van der Waals surface area contributed by atoms with E-state index in [1.54, 1.807) is 7.11 Å². The van der Waals surface area contributed by atoms with Gasteiger partial charge in [-0.15, -0.1) is 0 Å². The predicted molar refractivity (Wildman–Crippen MR) is 113 cm³/mol. The first-order chi connectivity index (χ1) is 14.9. The van der Waals surface area contributed by atoms with Crippen molar-refractivity contribution in [2.75, 3.05) is 119 Å². The minimum Gasteiger partial charge on any atom is -0.382 e. The van der Waals surface area contributed by atoms with Gasteiger partial charge in [0.05, 0.1) is 106 Å². The zero-order valence-corrected chi connectivity index (χ0v) is 19.1. The first kappa shape index (κ1) is 29.6. The number of hydrogen-bond acceptors (Lipinski definition) is 9. The van der Waals surface area contributed by atoms with Gasteiger partial charge in [-0.2, -0.15) is 0 Å². The molecule has 0 bridgehead atoms. The molecule has 9 nitrogen and oxygen atoms in total. The van der Waals surface area contributed by atoms with Crippen molar-refractivity contribution in [2.24, 2.45) is 0 Å². The molecule has 0 fully saturated rings. The number of hydrogen-bond donors (Lipinski definition) is 0. The minimum atomic E-state index is 0.541. The van der Waals surface area contributed by atoms with Gasteiger partial charge in [0.1, 0.15) is 0 Å². The topological polar surface area (TPSA) is 83.1 Å². The molecule has 0 spiro atoms. The molecule has 0 N–H and O–H groups in total. The average Bonchev–Trinajstić information content (AvgIpc) is 2.76. The van der Waals surface area contributed by atoms with E-state index in [2.05, 4.69) is 6.92 Å². The lowest BCUT2D eigenvalue weighted by molar-refractivity contribution is -0.0243. The molecule has 0 aromatic heterocycles. The molecular formula is C21H44O9. The van der Waals surface area contributed by atoms with Gasteiger partial charge >= 0.3 is 0 Å². The zero-order valence-electron chi connectivity index (χ0n) is 19.1. The third-order valence-electron chi connectivity index (χ3n) is 3.68. The quantitative estimate of drug-likeness (QED) is 0.177. The molecule has 0 aliphatic heterocycles. The Balaban J connectivity index is 2.97. The summed E-state index contributed by atoms with van der Waals surface area (Å²) in [5, 5.41) is 0. The largest absolute Gasteiger partial charge is 0.382 e. The maximum Gasteiger partial charge on any atom is 0.0701 e. The van der Waals surface area contributed by atoms with E-state index in [1.807, 2.05) is 0 Å². The van der Waals surface area contributed by atoms with Gasteiger partial charge in [-0.25, -0.2) is 0 Å². The Labute approximate surface area is 182 Å². The van der Waals surface area contributed by atoms with Gasteiger partial charge in [-0.3, -0.25) is 0 Å². The second-order valence-electron chi connectivity index (χ2n) is 6.25. The van der Waals surface area contributed by atoms with Gasteiger partial charge in [-0.05, 0) is 6.42 Å². The SMILES string of the molecule is CCCCOCCOCCOCCOCCOCCOCCOCCOCCOC. The van der Waals surface area contributed by atoms with Crippen molar-refractivity contribution in [1.29, 1.82) is 0 Å². The van der Waals surface area contributed by atoms with E-state index in [0.717, 1.165) is 19.4 Å². The van der Waals surface area contributed by atoms with Crippen LogP contribution in [-0.2, 0) is 42.6 Å². The summed E-state index contributed by atoms with van der Waals surface area (Å²) in [4.78, 5) is 0. The fraction of sp³-hybridized carbons (Fsp3) is 1.00. The van der Waals surface area contributed by atoms with Crippen molar-refractivity contribution in [1.82, 2.24) is 0 Å². The molecular weight excluding hydrogens is 396 g/mol. The highest BCUT2D eigenvalue weighted by atomic mass is 16.6. The number of rotatable bonds is 27. The standard InChI is InChI=1S/C21H44O9/c1-3-4-5-23-8-9-25-12-13-27-16-17-29-20-21-30-19-18-28-15-14-26-11-10-24-7-6-22-2/h3-21H2,1-2H3. The van der Waals surface area contributed by atoms with Gasteiger partial charge in [-0.1, -0.05) is 13.3 Å². The van der Waals surface area contributed by atoms with Gasteiger partial charge < -0.3 is 42.6 Å². The molecule has 0 aromatic rings. The molecule has 0 radical (unpaired) electrons. The van der Waals surface area contributed by atoms with Gasteiger partial charge in [0, 0.05) is 13.7 Å². The second-order valence-corrected chi connectivity index (χ2v) is 6.25. The minimum absolute atomic E-state index is 0.541. The summed E-state index contributed by atoms with van der Waals surface area (Å²) in [6, 6.07) is 0. The Morgan fingerprint density at radius 2 is 0.567 bits per heavy atom. The maximum atomic E-state index is 5.43. The Bertz CT molecular complexity index is 268. The lowest BCUT2D eigenvalue weighted by Crippen LogP contribution is -2.15. The van der Waals surface area contributed by atoms with Gasteiger partial charge in [0.2, 0.25) is 0 Å². The molecule has 0 aromatic carbocycles. The van der Waals surface area contributed by atoms with E-state index >= 15 is 0 Å². The summed E-state index contributed by atoms with van der Waals surface area (Å²) < 4.78 is 48.0. The van der Waals surface area contributed by atoms with Crippen LogP contribution in [0.2, 0.25) is 0 Å². The fourth-order valence-electron chi connectivity index (χ4n) is 2.03. The van der Waals surface area contributed by atoms with Crippen LogP contribution in [0.25, 0.3) is 0 Å². The highest BCUT2D eigenvalue weighted by molar-refractivity contribution is 4.38. The van der Waals surface area contributed by atoms with Gasteiger partial charge in [0.15, 0.2) is 0 Å². The monoisotopic (exact) mass is 440 g/mol. The average molecular weight is 441 g/mol. The molecule has 0 aliphatic rings. The molecule has 0 atom stereocenters. The predicted octanol–water partition coefficient (Wildman–Crippen LogP) is 1.57. The first-order valence-corrected chi connectivity index (χ1v) is 11.0. The van der Waals surface area contributed by atoms with E-state index in [0.29, 0.717) is 106 Å². The third kappa shape index (κ3) is 27.6.